The Balaban J connectivity index is 1.39. The van der Waals surface area contributed by atoms with Crippen LogP contribution < -0.4 is 9.80 Å². The first kappa shape index (κ1) is 16.2. The monoisotopic (exact) mass is 338 g/mol. The fourth-order valence-electron chi connectivity index (χ4n) is 3.07. The van der Waals surface area contributed by atoms with Gasteiger partial charge in [0.1, 0.15) is 11.6 Å². The van der Waals surface area contributed by atoms with Gasteiger partial charge in [-0.15, -0.1) is 5.10 Å². The summed E-state index contributed by atoms with van der Waals surface area (Å²) in [5, 5.41) is 8.80. The van der Waals surface area contributed by atoms with Gasteiger partial charge in [0.15, 0.2) is 5.82 Å². The topological polar surface area (TPSA) is 58.0 Å². The molecule has 2 aromatic heterocycles. The van der Waals surface area contributed by atoms with Gasteiger partial charge in [0.05, 0.1) is 11.7 Å². The van der Waals surface area contributed by atoms with Crippen LogP contribution in [0.4, 0.5) is 11.6 Å². The maximum atomic E-state index is 4.74. The van der Waals surface area contributed by atoms with Crippen LogP contribution in [0.15, 0.2) is 24.4 Å². The number of hydrogen-bond acceptors (Lipinski definition) is 6. The van der Waals surface area contributed by atoms with Gasteiger partial charge in [-0.2, -0.15) is 5.10 Å². The van der Waals surface area contributed by atoms with Crippen molar-refractivity contribution in [1.82, 2.24) is 20.2 Å². The van der Waals surface area contributed by atoms with Crippen LogP contribution in [0.5, 0.6) is 0 Å². The van der Waals surface area contributed by atoms with Crippen LogP contribution in [-0.4, -0.2) is 46.3 Å². The summed E-state index contributed by atoms with van der Waals surface area (Å²) in [7, 11) is 2.12. The Kier molecular flexibility index (Phi) is 3.85. The number of rotatable bonds is 4. The zero-order valence-electron chi connectivity index (χ0n) is 15.5. The third kappa shape index (κ3) is 3.30. The second-order valence-corrected chi connectivity index (χ2v) is 8.24. The Morgan fingerprint density at radius 1 is 1.08 bits per heavy atom. The first-order valence-corrected chi connectivity index (χ1v) is 9.07. The molecule has 2 fully saturated rings. The Bertz CT molecular complexity index is 741. The predicted molar refractivity (Wildman–Crippen MR) is 99.1 cm³/mol. The molecule has 6 nitrogen and oxygen atoms in total. The number of nitrogens with zero attached hydrogens (tertiary/aromatic N) is 6. The van der Waals surface area contributed by atoms with Crippen LogP contribution >= 0.6 is 0 Å². The lowest BCUT2D eigenvalue weighted by Gasteiger charge is -2.44. The quantitative estimate of drug-likeness (QED) is 0.854. The van der Waals surface area contributed by atoms with Crippen molar-refractivity contribution in [3.63, 3.8) is 0 Å². The normalized spacial score (nSPS) is 18.2. The number of anilines is 2. The number of hydrogen-bond donors (Lipinski definition) is 0. The summed E-state index contributed by atoms with van der Waals surface area (Å²) >= 11 is 0. The number of aromatic nitrogens is 4. The Morgan fingerprint density at radius 3 is 2.44 bits per heavy atom. The molecule has 1 aliphatic carbocycles. The molecule has 1 saturated heterocycles. The Labute approximate surface area is 149 Å². The van der Waals surface area contributed by atoms with E-state index in [1.165, 1.54) is 12.8 Å². The second kappa shape index (κ2) is 5.93. The highest BCUT2D eigenvalue weighted by molar-refractivity contribution is 5.47. The smallest absolute Gasteiger partial charge is 0.151 e. The van der Waals surface area contributed by atoms with Crippen molar-refractivity contribution in [3.8, 4) is 0 Å². The van der Waals surface area contributed by atoms with Crippen LogP contribution in [0, 0.1) is 0 Å². The maximum Gasteiger partial charge on any atom is 0.151 e. The lowest BCUT2D eigenvalue weighted by molar-refractivity contribution is 0.484. The van der Waals surface area contributed by atoms with Crippen molar-refractivity contribution in [2.24, 2.45) is 0 Å². The minimum absolute atomic E-state index is 0.0372. The molecule has 2 aliphatic rings. The second-order valence-electron chi connectivity index (χ2n) is 8.24. The highest BCUT2D eigenvalue weighted by atomic mass is 15.4. The molecule has 3 heterocycles. The van der Waals surface area contributed by atoms with Crippen LogP contribution in [0.1, 0.15) is 51.0 Å². The first-order chi connectivity index (χ1) is 11.9. The largest absolute Gasteiger partial charge is 0.353 e. The minimum Gasteiger partial charge on any atom is -0.353 e. The van der Waals surface area contributed by atoms with E-state index >= 15 is 0 Å². The van der Waals surface area contributed by atoms with E-state index in [-0.39, 0.29) is 5.41 Å². The highest BCUT2D eigenvalue weighted by Crippen LogP contribution is 2.38. The molecule has 0 bridgehead atoms. The van der Waals surface area contributed by atoms with E-state index in [1.807, 2.05) is 12.3 Å². The summed E-state index contributed by atoms with van der Waals surface area (Å²) in [6.07, 6.45) is 4.35. The van der Waals surface area contributed by atoms with Crippen LogP contribution in [-0.2, 0) is 5.41 Å². The van der Waals surface area contributed by atoms with Gasteiger partial charge >= 0.3 is 0 Å². The summed E-state index contributed by atoms with van der Waals surface area (Å²) in [5.41, 5.74) is 1.06. The van der Waals surface area contributed by atoms with Crippen molar-refractivity contribution >= 4 is 11.6 Å². The molecule has 2 aromatic rings. The Morgan fingerprint density at radius 2 is 1.84 bits per heavy atom. The standard InChI is InChI=1S/C19H26N6/c1-19(2,3)15-7-8-17(23-22-15)25-11-14(12-25)24(4)16-9-10-20-18(21-16)13-5-6-13/h7-10,13-14H,5-6,11-12H2,1-4H3. The van der Waals surface area contributed by atoms with Crippen molar-refractivity contribution in [1.29, 1.82) is 0 Å². The van der Waals surface area contributed by atoms with E-state index in [0.717, 1.165) is 36.2 Å². The van der Waals surface area contributed by atoms with Crippen molar-refractivity contribution < 1.29 is 0 Å². The average Bonchev–Trinajstić information content (AvgIpc) is 3.38. The van der Waals surface area contributed by atoms with E-state index in [9.17, 15) is 0 Å². The minimum atomic E-state index is 0.0372. The van der Waals surface area contributed by atoms with E-state index in [2.05, 4.69) is 64.9 Å². The molecule has 0 amide bonds. The molecule has 132 valence electrons. The SMILES string of the molecule is CN(c1ccnc(C2CC2)n1)C1CN(c2ccc(C(C)(C)C)nn2)C1. The summed E-state index contributed by atoms with van der Waals surface area (Å²) < 4.78 is 0. The number of likely N-dealkylation sites (N-methyl/N-ethyl adjacent to an activating group) is 1. The first-order valence-electron chi connectivity index (χ1n) is 9.07. The molecule has 4 rings (SSSR count). The zero-order valence-corrected chi connectivity index (χ0v) is 15.5. The van der Waals surface area contributed by atoms with Crippen molar-refractivity contribution in [2.75, 3.05) is 29.9 Å². The third-order valence-electron chi connectivity index (χ3n) is 5.12. The lowest BCUT2D eigenvalue weighted by Crippen LogP contribution is -2.59. The zero-order chi connectivity index (χ0) is 17.6. The fraction of sp³-hybridized carbons (Fsp3) is 0.579. The summed E-state index contributed by atoms with van der Waals surface area (Å²) in [6, 6.07) is 6.63. The average molecular weight is 338 g/mol. The maximum absolute atomic E-state index is 4.74. The summed E-state index contributed by atoms with van der Waals surface area (Å²) in [4.78, 5) is 13.7. The molecular formula is C19H26N6. The molecule has 0 N–H and O–H groups in total. The van der Waals surface area contributed by atoms with Crippen LogP contribution in [0.25, 0.3) is 0 Å². The molecule has 0 radical (unpaired) electrons. The molecule has 6 heteroatoms. The van der Waals surface area contributed by atoms with E-state index in [1.54, 1.807) is 0 Å². The Hall–Kier alpha value is -2.24. The summed E-state index contributed by atoms with van der Waals surface area (Å²) in [5.74, 6) is 3.57. The molecule has 1 saturated carbocycles. The van der Waals surface area contributed by atoms with Crippen LogP contribution in [0.3, 0.4) is 0 Å². The molecular weight excluding hydrogens is 312 g/mol. The van der Waals surface area contributed by atoms with Crippen molar-refractivity contribution in [3.05, 3.63) is 35.9 Å². The van der Waals surface area contributed by atoms with Gasteiger partial charge in [-0.1, -0.05) is 20.8 Å². The lowest BCUT2D eigenvalue weighted by atomic mass is 9.92. The molecule has 1 aliphatic heterocycles. The summed E-state index contributed by atoms with van der Waals surface area (Å²) in [6.45, 7) is 8.36. The van der Waals surface area contributed by atoms with Gasteiger partial charge in [-0.3, -0.25) is 0 Å². The third-order valence-corrected chi connectivity index (χ3v) is 5.12. The van der Waals surface area contributed by atoms with Gasteiger partial charge in [0.2, 0.25) is 0 Å². The molecule has 0 aromatic carbocycles. The van der Waals surface area contributed by atoms with E-state index in [0.29, 0.717) is 12.0 Å². The molecule has 25 heavy (non-hydrogen) atoms. The van der Waals surface area contributed by atoms with Crippen molar-refractivity contribution in [2.45, 2.75) is 51.0 Å². The van der Waals surface area contributed by atoms with Crippen LogP contribution in [0.2, 0.25) is 0 Å². The van der Waals surface area contributed by atoms with Gasteiger partial charge in [0.25, 0.3) is 0 Å². The van der Waals surface area contributed by atoms with Gasteiger partial charge in [-0.05, 0) is 31.0 Å². The van der Waals surface area contributed by atoms with Gasteiger partial charge < -0.3 is 9.80 Å². The predicted octanol–water partition coefficient (Wildman–Crippen LogP) is 2.77. The van der Waals surface area contributed by atoms with E-state index < -0.39 is 0 Å². The molecule has 0 unspecified atom stereocenters. The molecule has 0 atom stereocenters. The van der Waals surface area contributed by atoms with E-state index in [4.69, 9.17) is 4.98 Å². The van der Waals surface area contributed by atoms with Gasteiger partial charge in [-0.25, -0.2) is 9.97 Å². The fourth-order valence-corrected chi connectivity index (χ4v) is 3.07. The highest BCUT2D eigenvalue weighted by Gasteiger charge is 2.33. The van der Waals surface area contributed by atoms with Gasteiger partial charge in [0, 0.05) is 37.7 Å². The molecule has 0 spiro atoms.